The van der Waals surface area contributed by atoms with Gasteiger partial charge in [-0.2, -0.15) is 0 Å². The Kier molecular flexibility index (Phi) is 4.39. The van der Waals surface area contributed by atoms with Crippen molar-refractivity contribution >= 4 is 25.6 Å². The zero-order valence-corrected chi connectivity index (χ0v) is 13.2. The summed E-state index contributed by atoms with van der Waals surface area (Å²) in [4.78, 5) is 14.3. The molecule has 1 aliphatic heterocycles. The summed E-state index contributed by atoms with van der Waals surface area (Å²) >= 11 is 0. The quantitative estimate of drug-likeness (QED) is 0.789. The van der Waals surface area contributed by atoms with E-state index in [0.29, 0.717) is 11.5 Å². The van der Waals surface area contributed by atoms with E-state index in [1.807, 2.05) is 0 Å². The number of amides is 1. The first-order chi connectivity index (χ1) is 9.29. The number of hydrogen-bond acceptors (Lipinski definition) is 3. The zero-order chi connectivity index (χ0) is 14.9. The molecule has 1 unspecified atom stereocenters. The van der Waals surface area contributed by atoms with Crippen LogP contribution in [0.3, 0.4) is 0 Å². The number of carbonyl (C=O) groups excluding carboxylic acids is 1. The summed E-state index contributed by atoms with van der Waals surface area (Å²) in [5.41, 5.74) is 1.18. The summed E-state index contributed by atoms with van der Waals surface area (Å²) in [6.45, 7) is 5.35. The Morgan fingerprint density at radius 3 is 2.70 bits per heavy atom. The molecule has 0 spiro atoms. The van der Waals surface area contributed by atoms with E-state index in [-0.39, 0.29) is 10.8 Å². The third kappa shape index (κ3) is 3.33. The highest BCUT2D eigenvalue weighted by molar-refractivity contribution is 8.13. The van der Waals surface area contributed by atoms with Crippen molar-refractivity contribution in [3.63, 3.8) is 0 Å². The molecule has 20 heavy (non-hydrogen) atoms. The summed E-state index contributed by atoms with van der Waals surface area (Å²) in [5.74, 6) is 0.365. The molecule has 2 rings (SSSR count). The van der Waals surface area contributed by atoms with Gasteiger partial charge in [0.05, 0.1) is 4.90 Å². The molecule has 1 aromatic carbocycles. The Balaban J connectivity index is 2.34. The van der Waals surface area contributed by atoms with Gasteiger partial charge in [0, 0.05) is 29.3 Å². The van der Waals surface area contributed by atoms with Crippen molar-refractivity contribution in [2.24, 2.45) is 5.92 Å². The lowest BCUT2D eigenvalue weighted by Crippen LogP contribution is -2.39. The van der Waals surface area contributed by atoms with Crippen LogP contribution >= 0.6 is 10.7 Å². The Bertz CT molecular complexity index is 627. The molecule has 6 heteroatoms. The fourth-order valence-corrected chi connectivity index (χ4v) is 3.30. The lowest BCUT2D eigenvalue weighted by molar-refractivity contribution is 0.0682. The van der Waals surface area contributed by atoms with E-state index >= 15 is 0 Å². The van der Waals surface area contributed by atoms with Crippen LogP contribution in [-0.2, 0) is 9.05 Å². The van der Waals surface area contributed by atoms with Gasteiger partial charge in [0.25, 0.3) is 15.0 Å². The van der Waals surface area contributed by atoms with Crippen molar-refractivity contribution < 1.29 is 13.2 Å². The van der Waals surface area contributed by atoms with Crippen LogP contribution in [0.15, 0.2) is 23.1 Å². The minimum atomic E-state index is -3.82. The SMILES string of the molecule is Cc1ccc(S(=O)(=O)Cl)cc1C(=O)N1CCCC(C)C1. The van der Waals surface area contributed by atoms with Crippen molar-refractivity contribution in [1.82, 2.24) is 4.90 Å². The zero-order valence-electron chi connectivity index (χ0n) is 11.6. The average molecular weight is 316 g/mol. The predicted molar refractivity (Wildman–Crippen MR) is 78.5 cm³/mol. The van der Waals surface area contributed by atoms with Gasteiger partial charge in [0.2, 0.25) is 0 Å². The highest BCUT2D eigenvalue weighted by Crippen LogP contribution is 2.23. The highest BCUT2D eigenvalue weighted by Gasteiger charge is 2.24. The summed E-state index contributed by atoms with van der Waals surface area (Å²) in [6, 6.07) is 4.42. The summed E-state index contributed by atoms with van der Waals surface area (Å²) < 4.78 is 22.8. The molecule has 1 saturated heterocycles. The number of carbonyl (C=O) groups is 1. The minimum Gasteiger partial charge on any atom is -0.338 e. The number of likely N-dealkylation sites (tertiary alicyclic amines) is 1. The standard InChI is InChI=1S/C14H18ClNO3S/c1-10-4-3-7-16(9-10)14(17)13-8-12(20(15,18)19)6-5-11(13)2/h5-6,8,10H,3-4,7,9H2,1-2H3. The molecule has 1 heterocycles. The molecule has 0 N–H and O–H groups in total. The third-order valence-corrected chi connectivity index (χ3v) is 5.02. The van der Waals surface area contributed by atoms with Crippen molar-refractivity contribution in [3.8, 4) is 0 Å². The molecule has 1 fully saturated rings. The van der Waals surface area contributed by atoms with E-state index in [4.69, 9.17) is 10.7 Å². The fraction of sp³-hybridized carbons (Fsp3) is 0.500. The molecule has 4 nitrogen and oxygen atoms in total. The molecule has 1 aromatic rings. The van der Waals surface area contributed by atoms with Crippen LogP contribution in [0.4, 0.5) is 0 Å². The lowest BCUT2D eigenvalue weighted by Gasteiger charge is -2.31. The van der Waals surface area contributed by atoms with Crippen molar-refractivity contribution in [3.05, 3.63) is 29.3 Å². The maximum absolute atomic E-state index is 12.5. The molecule has 0 aliphatic carbocycles. The minimum absolute atomic E-state index is 0.0295. The van der Waals surface area contributed by atoms with Crippen molar-refractivity contribution in [2.45, 2.75) is 31.6 Å². The number of hydrogen-bond donors (Lipinski definition) is 0. The monoisotopic (exact) mass is 315 g/mol. The lowest BCUT2D eigenvalue weighted by atomic mass is 9.99. The summed E-state index contributed by atoms with van der Waals surface area (Å²) in [7, 11) is 1.53. The fourth-order valence-electron chi connectivity index (χ4n) is 2.53. The van der Waals surface area contributed by atoms with E-state index in [9.17, 15) is 13.2 Å². The van der Waals surface area contributed by atoms with Crippen LogP contribution in [-0.4, -0.2) is 32.3 Å². The Morgan fingerprint density at radius 1 is 1.40 bits per heavy atom. The van der Waals surface area contributed by atoms with E-state index in [1.165, 1.54) is 12.1 Å². The molecule has 0 saturated carbocycles. The van der Waals surface area contributed by atoms with Crippen LogP contribution in [0, 0.1) is 12.8 Å². The molecule has 0 bridgehead atoms. The van der Waals surface area contributed by atoms with E-state index in [2.05, 4.69) is 6.92 Å². The first kappa shape index (κ1) is 15.3. The molecule has 1 aliphatic rings. The Labute approximate surface area is 124 Å². The van der Waals surface area contributed by atoms with Gasteiger partial charge in [-0.15, -0.1) is 0 Å². The van der Waals surface area contributed by atoms with E-state index in [0.717, 1.165) is 31.5 Å². The van der Waals surface area contributed by atoms with Crippen molar-refractivity contribution in [1.29, 1.82) is 0 Å². The molecule has 1 amide bonds. The molecular weight excluding hydrogens is 298 g/mol. The molecular formula is C14H18ClNO3S. The van der Waals surface area contributed by atoms with Crippen LogP contribution in [0.1, 0.15) is 35.7 Å². The first-order valence-corrected chi connectivity index (χ1v) is 8.94. The average Bonchev–Trinajstić information content (AvgIpc) is 2.37. The summed E-state index contributed by atoms with van der Waals surface area (Å²) in [5, 5.41) is 0. The van der Waals surface area contributed by atoms with Gasteiger partial charge in [-0.3, -0.25) is 4.79 Å². The van der Waals surface area contributed by atoms with Crippen LogP contribution in [0.2, 0.25) is 0 Å². The van der Waals surface area contributed by atoms with Gasteiger partial charge >= 0.3 is 0 Å². The predicted octanol–water partition coefficient (Wildman–Crippen LogP) is 2.79. The summed E-state index contributed by atoms with van der Waals surface area (Å²) in [6.07, 6.45) is 2.11. The molecule has 0 radical (unpaired) electrons. The third-order valence-electron chi connectivity index (χ3n) is 3.67. The number of piperidine rings is 1. The normalized spacial score (nSPS) is 19.9. The van der Waals surface area contributed by atoms with E-state index < -0.39 is 9.05 Å². The van der Waals surface area contributed by atoms with E-state index in [1.54, 1.807) is 17.9 Å². The highest BCUT2D eigenvalue weighted by atomic mass is 35.7. The maximum atomic E-state index is 12.5. The van der Waals surface area contributed by atoms with Crippen LogP contribution in [0.25, 0.3) is 0 Å². The van der Waals surface area contributed by atoms with Gasteiger partial charge in [-0.25, -0.2) is 8.42 Å². The van der Waals surface area contributed by atoms with Gasteiger partial charge in [-0.1, -0.05) is 13.0 Å². The second kappa shape index (κ2) is 5.74. The Hall–Kier alpha value is -1.07. The molecule has 0 aromatic heterocycles. The Morgan fingerprint density at radius 2 is 2.10 bits per heavy atom. The molecule has 1 atom stereocenters. The molecule has 110 valence electrons. The number of rotatable bonds is 2. The van der Waals surface area contributed by atoms with Gasteiger partial charge in [0.15, 0.2) is 0 Å². The van der Waals surface area contributed by atoms with Crippen LogP contribution < -0.4 is 0 Å². The van der Waals surface area contributed by atoms with Gasteiger partial charge < -0.3 is 4.90 Å². The number of nitrogens with zero attached hydrogens (tertiary/aromatic N) is 1. The van der Waals surface area contributed by atoms with Gasteiger partial charge in [-0.05, 0) is 43.4 Å². The van der Waals surface area contributed by atoms with Crippen molar-refractivity contribution in [2.75, 3.05) is 13.1 Å². The topological polar surface area (TPSA) is 54.5 Å². The number of aryl methyl sites for hydroxylation is 1. The second-order valence-corrected chi connectivity index (χ2v) is 7.98. The maximum Gasteiger partial charge on any atom is 0.261 e. The van der Waals surface area contributed by atoms with Gasteiger partial charge in [0.1, 0.15) is 0 Å². The first-order valence-electron chi connectivity index (χ1n) is 6.63. The number of halogens is 1. The number of benzene rings is 1. The second-order valence-electron chi connectivity index (χ2n) is 5.41. The largest absolute Gasteiger partial charge is 0.338 e. The smallest absolute Gasteiger partial charge is 0.261 e. The van der Waals surface area contributed by atoms with Crippen LogP contribution in [0.5, 0.6) is 0 Å².